The summed E-state index contributed by atoms with van der Waals surface area (Å²) in [6.07, 6.45) is 7.14. The Labute approximate surface area is 183 Å². The Balaban J connectivity index is 1.25. The van der Waals surface area contributed by atoms with Gasteiger partial charge in [-0.3, -0.25) is 4.79 Å². The van der Waals surface area contributed by atoms with Crippen LogP contribution in [0.2, 0.25) is 5.02 Å². The van der Waals surface area contributed by atoms with Crippen LogP contribution in [0.1, 0.15) is 34.5 Å². The predicted octanol–water partition coefficient (Wildman–Crippen LogP) is 4.32. The van der Waals surface area contributed by atoms with Crippen LogP contribution >= 0.6 is 11.6 Å². The first kappa shape index (κ1) is 20.9. The van der Waals surface area contributed by atoms with E-state index < -0.39 is 0 Å². The Bertz CT molecular complexity index is 1010. The molecule has 1 aliphatic heterocycles. The Morgan fingerprint density at radius 2 is 1.87 bits per heavy atom. The number of halogens is 1. The molecule has 5 nitrogen and oxygen atoms in total. The number of hydrogen-bond donors (Lipinski definition) is 0. The summed E-state index contributed by atoms with van der Waals surface area (Å²) >= 11 is 5.96. The van der Waals surface area contributed by atoms with E-state index in [1.807, 2.05) is 59.9 Å². The lowest BCUT2D eigenvalue weighted by Gasteiger charge is -2.33. The number of benzene rings is 1. The highest BCUT2D eigenvalue weighted by Gasteiger charge is 2.23. The summed E-state index contributed by atoms with van der Waals surface area (Å²) in [5, 5.41) is 0.789. The number of carbonyl (C=O) groups excluding carboxylic acids is 1. The zero-order chi connectivity index (χ0) is 21.1. The van der Waals surface area contributed by atoms with Crippen LogP contribution in [0.4, 0.5) is 0 Å². The minimum absolute atomic E-state index is 0.00141. The van der Waals surface area contributed by atoms with Crippen molar-refractivity contribution < 1.29 is 4.79 Å². The molecule has 1 saturated heterocycles. The molecule has 0 radical (unpaired) electrons. The molecule has 0 spiro atoms. The van der Waals surface area contributed by atoms with Gasteiger partial charge in [0, 0.05) is 37.6 Å². The smallest absolute Gasteiger partial charge is 0.273 e. The number of aromatic nitrogens is 2. The van der Waals surface area contributed by atoms with Crippen LogP contribution in [0.5, 0.6) is 0 Å². The molecule has 3 heterocycles. The molecule has 1 fully saturated rings. The summed E-state index contributed by atoms with van der Waals surface area (Å²) in [6, 6.07) is 12.1. The summed E-state index contributed by atoms with van der Waals surface area (Å²) in [7, 11) is 1.89. The molecule has 2 aromatic heterocycles. The van der Waals surface area contributed by atoms with E-state index in [4.69, 9.17) is 11.6 Å². The molecule has 0 saturated carbocycles. The first-order valence-electron chi connectivity index (χ1n) is 10.7. The van der Waals surface area contributed by atoms with E-state index in [0.717, 1.165) is 61.7 Å². The normalized spacial score (nSPS) is 15.6. The number of nitrogens with zero attached hydrogens (tertiary/aromatic N) is 4. The molecular weight excluding hydrogens is 396 g/mol. The van der Waals surface area contributed by atoms with E-state index in [-0.39, 0.29) is 5.91 Å². The van der Waals surface area contributed by atoms with Crippen molar-refractivity contribution in [1.82, 2.24) is 19.2 Å². The van der Waals surface area contributed by atoms with E-state index >= 15 is 0 Å². The van der Waals surface area contributed by atoms with Gasteiger partial charge in [-0.25, -0.2) is 4.98 Å². The van der Waals surface area contributed by atoms with Gasteiger partial charge in [-0.1, -0.05) is 29.8 Å². The number of pyridine rings is 1. The Morgan fingerprint density at radius 3 is 2.60 bits per heavy atom. The van der Waals surface area contributed by atoms with Crippen molar-refractivity contribution >= 4 is 23.2 Å². The molecule has 0 bridgehead atoms. The van der Waals surface area contributed by atoms with E-state index in [9.17, 15) is 4.79 Å². The quantitative estimate of drug-likeness (QED) is 0.591. The van der Waals surface area contributed by atoms with Crippen molar-refractivity contribution in [3.05, 3.63) is 70.6 Å². The average Bonchev–Trinajstić information content (AvgIpc) is 3.17. The number of hydrogen-bond acceptors (Lipinski definition) is 3. The SMILES string of the molecule is Cc1ccc2nc(C(=O)N(C)CC3CCN(CCc4ccc(Cl)cc4)CC3)cn2c1. The highest BCUT2D eigenvalue weighted by Crippen LogP contribution is 2.20. The van der Waals surface area contributed by atoms with Gasteiger partial charge in [0.05, 0.1) is 0 Å². The minimum Gasteiger partial charge on any atom is -0.340 e. The molecule has 4 rings (SSSR count). The molecule has 3 aromatic rings. The lowest BCUT2D eigenvalue weighted by molar-refractivity contribution is 0.0735. The van der Waals surface area contributed by atoms with Gasteiger partial charge in [0.25, 0.3) is 5.91 Å². The van der Waals surface area contributed by atoms with Crippen molar-refractivity contribution in [3.63, 3.8) is 0 Å². The van der Waals surface area contributed by atoms with Gasteiger partial charge in [-0.05, 0) is 74.5 Å². The number of amides is 1. The lowest BCUT2D eigenvalue weighted by Crippen LogP contribution is -2.40. The third kappa shape index (κ3) is 5.02. The van der Waals surface area contributed by atoms with Crippen LogP contribution in [0.25, 0.3) is 5.65 Å². The van der Waals surface area contributed by atoms with Crippen LogP contribution in [0.3, 0.4) is 0 Å². The fraction of sp³-hybridized carbons (Fsp3) is 0.417. The maximum absolute atomic E-state index is 12.9. The molecule has 30 heavy (non-hydrogen) atoms. The fourth-order valence-electron chi connectivity index (χ4n) is 4.20. The van der Waals surface area contributed by atoms with Gasteiger partial charge < -0.3 is 14.2 Å². The molecule has 0 unspecified atom stereocenters. The Morgan fingerprint density at radius 1 is 1.13 bits per heavy atom. The van der Waals surface area contributed by atoms with Gasteiger partial charge in [0.1, 0.15) is 11.3 Å². The highest BCUT2D eigenvalue weighted by molar-refractivity contribution is 6.30. The third-order valence-electron chi connectivity index (χ3n) is 6.03. The summed E-state index contributed by atoms with van der Waals surface area (Å²) in [5.41, 5.74) is 3.81. The highest BCUT2D eigenvalue weighted by atomic mass is 35.5. The molecule has 1 aromatic carbocycles. The molecule has 6 heteroatoms. The number of piperidine rings is 1. The molecular formula is C24H29ClN4O. The largest absolute Gasteiger partial charge is 0.340 e. The van der Waals surface area contributed by atoms with Crippen LogP contribution in [0, 0.1) is 12.8 Å². The molecule has 158 valence electrons. The summed E-state index contributed by atoms with van der Waals surface area (Å²) < 4.78 is 1.93. The van der Waals surface area contributed by atoms with Gasteiger partial charge in [-0.2, -0.15) is 0 Å². The van der Waals surface area contributed by atoms with E-state index in [2.05, 4.69) is 22.0 Å². The van der Waals surface area contributed by atoms with Gasteiger partial charge in [0.15, 0.2) is 0 Å². The van der Waals surface area contributed by atoms with Crippen molar-refractivity contribution in [2.45, 2.75) is 26.2 Å². The van der Waals surface area contributed by atoms with Crippen molar-refractivity contribution in [3.8, 4) is 0 Å². The first-order valence-corrected chi connectivity index (χ1v) is 11.0. The van der Waals surface area contributed by atoms with Crippen LogP contribution in [-0.4, -0.2) is 58.3 Å². The second-order valence-corrected chi connectivity index (χ2v) is 8.88. The molecule has 1 amide bonds. The third-order valence-corrected chi connectivity index (χ3v) is 6.29. The lowest BCUT2D eigenvalue weighted by atomic mass is 9.96. The topological polar surface area (TPSA) is 40.9 Å². The standard InChI is InChI=1S/C24H29ClN4O/c1-18-3-8-23-26-22(17-29(23)15-18)24(30)27(2)16-20-10-13-28(14-11-20)12-9-19-4-6-21(25)7-5-19/h3-8,15,17,20H,9-14,16H2,1-2H3. The second-order valence-electron chi connectivity index (χ2n) is 8.45. The number of aryl methyl sites for hydroxylation is 1. The number of rotatable bonds is 6. The van der Waals surface area contributed by atoms with Crippen molar-refractivity contribution in [2.24, 2.45) is 5.92 Å². The Hall–Kier alpha value is -2.37. The summed E-state index contributed by atoms with van der Waals surface area (Å²) in [6.45, 7) is 6.08. The monoisotopic (exact) mass is 424 g/mol. The number of carbonyl (C=O) groups is 1. The number of likely N-dealkylation sites (tertiary alicyclic amines) is 1. The maximum Gasteiger partial charge on any atom is 0.273 e. The minimum atomic E-state index is 0.00141. The first-order chi connectivity index (χ1) is 14.5. The van der Waals surface area contributed by atoms with Gasteiger partial charge in [0.2, 0.25) is 0 Å². The maximum atomic E-state index is 12.9. The van der Waals surface area contributed by atoms with E-state index in [1.165, 1.54) is 5.56 Å². The van der Waals surface area contributed by atoms with Crippen molar-refractivity contribution in [1.29, 1.82) is 0 Å². The molecule has 0 aliphatic carbocycles. The van der Waals surface area contributed by atoms with E-state index in [0.29, 0.717) is 11.6 Å². The number of imidazole rings is 1. The van der Waals surface area contributed by atoms with Crippen LogP contribution in [-0.2, 0) is 6.42 Å². The second kappa shape index (κ2) is 9.19. The Kier molecular flexibility index (Phi) is 6.40. The van der Waals surface area contributed by atoms with Crippen molar-refractivity contribution in [2.75, 3.05) is 33.2 Å². The van der Waals surface area contributed by atoms with E-state index in [1.54, 1.807) is 0 Å². The average molecular weight is 425 g/mol. The predicted molar refractivity (Wildman–Crippen MR) is 121 cm³/mol. The summed E-state index contributed by atoms with van der Waals surface area (Å²) in [5.74, 6) is 0.548. The summed E-state index contributed by atoms with van der Waals surface area (Å²) in [4.78, 5) is 21.7. The molecule has 0 N–H and O–H groups in total. The van der Waals surface area contributed by atoms with Crippen LogP contribution < -0.4 is 0 Å². The molecule has 0 atom stereocenters. The fourth-order valence-corrected chi connectivity index (χ4v) is 4.33. The van der Waals surface area contributed by atoms with Crippen LogP contribution in [0.15, 0.2) is 48.8 Å². The zero-order valence-electron chi connectivity index (χ0n) is 17.7. The van der Waals surface area contributed by atoms with Gasteiger partial charge >= 0.3 is 0 Å². The number of fused-ring (bicyclic) bond motifs is 1. The molecule has 1 aliphatic rings. The van der Waals surface area contributed by atoms with Gasteiger partial charge in [-0.15, -0.1) is 0 Å². The zero-order valence-corrected chi connectivity index (χ0v) is 18.5.